The van der Waals surface area contributed by atoms with E-state index < -0.39 is 0 Å². The summed E-state index contributed by atoms with van der Waals surface area (Å²) in [4.78, 5) is 1.38. The maximum Gasteiger partial charge on any atom is 0.0305 e. The van der Waals surface area contributed by atoms with Crippen molar-refractivity contribution < 1.29 is 0 Å². The van der Waals surface area contributed by atoms with Crippen LogP contribution in [0.4, 0.5) is 0 Å². The molecule has 0 radical (unpaired) electrons. The first-order valence-electron chi connectivity index (χ1n) is 5.27. The van der Waals surface area contributed by atoms with Crippen LogP contribution in [0.2, 0.25) is 0 Å². The van der Waals surface area contributed by atoms with Crippen molar-refractivity contribution in [2.45, 2.75) is 19.5 Å². The molecule has 1 heterocycles. The smallest absolute Gasteiger partial charge is 0.0305 e. The van der Waals surface area contributed by atoms with Crippen LogP contribution < -0.4 is 5.32 Å². The predicted octanol–water partition coefficient (Wildman–Crippen LogP) is 4.36. The average molecular weight is 296 g/mol. The molecular weight excluding hydrogens is 282 g/mol. The lowest BCUT2D eigenvalue weighted by molar-refractivity contribution is 0.578. The fraction of sp³-hybridized carbons (Fsp3) is 0.231. The largest absolute Gasteiger partial charge is 0.305 e. The molecule has 0 saturated heterocycles. The summed E-state index contributed by atoms with van der Waals surface area (Å²) in [6.45, 7) is 3.13. The highest BCUT2D eigenvalue weighted by molar-refractivity contribution is 9.10. The first-order valence-corrected chi connectivity index (χ1v) is 6.94. The summed E-state index contributed by atoms with van der Waals surface area (Å²) < 4.78 is 1.13. The van der Waals surface area contributed by atoms with Crippen LogP contribution in [0.5, 0.6) is 0 Å². The number of rotatable bonds is 4. The third kappa shape index (κ3) is 3.17. The number of hydrogen-bond acceptors (Lipinski definition) is 2. The second-order valence-corrected chi connectivity index (χ2v) is 5.68. The maximum atomic E-state index is 3.52. The van der Waals surface area contributed by atoms with E-state index in [0.717, 1.165) is 11.0 Å². The van der Waals surface area contributed by atoms with Gasteiger partial charge in [-0.25, -0.2) is 0 Å². The van der Waals surface area contributed by atoms with Crippen molar-refractivity contribution in [2.24, 2.45) is 0 Å². The van der Waals surface area contributed by atoms with Crippen molar-refractivity contribution in [1.29, 1.82) is 0 Å². The van der Waals surface area contributed by atoms with E-state index in [1.807, 2.05) is 0 Å². The van der Waals surface area contributed by atoms with Gasteiger partial charge in [-0.1, -0.05) is 34.1 Å². The Morgan fingerprint density at radius 1 is 1.31 bits per heavy atom. The lowest BCUT2D eigenvalue weighted by Crippen LogP contribution is -2.17. The Bertz CT molecular complexity index is 439. The van der Waals surface area contributed by atoms with Gasteiger partial charge in [-0.15, -0.1) is 11.3 Å². The van der Waals surface area contributed by atoms with Crippen molar-refractivity contribution in [3.05, 3.63) is 56.7 Å². The van der Waals surface area contributed by atoms with Gasteiger partial charge in [0.15, 0.2) is 0 Å². The van der Waals surface area contributed by atoms with Crippen LogP contribution >= 0.6 is 27.3 Å². The highest BCUT2D eigenvalue weighted by Gasteiger charge is 2.05. The summed E-state index contributed by atoms with van der Waals surface area (Å²) in [7, 11) is 0. The van der Waals surface area contributed by atoms with Gasteiger partial charge < -0.3 is 5.32 Å². The average Bonchev–Trinajstić information content (AvgIpc) is 2.78. The first kappa shape index (κ1) is 11.8. The van der Waals surface area contributed by atoms with Crippen molar-refractivity contribution in [2.75, 3.05) is 0 Å². The van der Waals surface area contributed by atoms with E-state index in [4.69, 9.17) is 0 Å². The van der Waals surface area contributed by atoms with Crippen LogP contribution in [0.15, 0.2) is 46.3 Å². The molecule has 3 heteroatoms. The zero-order valence-electron chi connectivity index (χ0n) is 9.11. The number of benzene rings is 1. The fourth-order valence-electron chi connectivity index (χ4n) is 1.56. The van der Waals surface area contributed by atoms with Gasteiger partial charge in [-0.2, -0.15) is 0 Å². The summed E-state index contributed by atoms with van der Waals surface area (Å²) in [6.07, 6.45) is 0. The van der Waals surface area contributed by atoms with Crippen molar-refractivity contribution in [1.82, 2.24) is 5.32 Å². The zero-order chi connectivity index (χ0) is 11.4. The van der Waals surface area contributed by atoms with Crippen LogP contribution in [0.1, 0.15) is 23.4 Å². The topological polar surface area (TPSA) is 12.0 Å². The maximum absolute atomic E-state index is 3.52. The molecule has 0 aliphatic rings. The standard InChI is InChI=1S/C13H14BrNS/c1-10(11-4-2-5-12(14)8-11)15-9-13-6-3-7-16-13/h2-8,10,15H,9H2,1H3/t10-/m1/s1. The molecule has 1 atom stereocenters. The van der Waals surface area contributed by atoms with Gasteiger partial charge in [0.1, 0.15) is 0 Å². The summed E-state index contributed by atoms with van der Waals surface area (Å²) >= 11 is 5.29. The minimum atomic E-state index is 0.375. The van der Waals surface area contributed by atoms with E-state index in [-0.39, 0.29) is 0 Å². The summed E-state index contributed by atoms with van der Waals surface area (Å²) in [5.74, 6) is 0. The first-order chi connectivity index (χ1) is 7.75. The van der Waals surface area contributed by atoms with Gasteiger partial charge in [0, 0.05) is 21.9 Å². The second-order valence-electron chi connectivity index (χ2n) is 3.74. The van der Waals surface area contributed by atoms with E-state index in [0.29, 0.717) is 6.04 Å². The molecule has 0 bridgehead atoms. The highest BCUT2D eigenvalue weighted by atomic mass is 79.9. The Morgan fingerprint density at radius 3 is 2.88 bits per heavy atom. The van der Waals surface area contributed by atoms with E-state index in [2.05, 4.69) is 69.9 Å². The number of halogens is 1. The Kier molecular flexibility index (Phi) is 4.16. The minimum absolute atomic E-state index is 0.375. The molecule has 84 valence electrons. The third-order valence-corrected chi connectivity index (χ3v) is 3.88. The molecule has 0 aliphatic carbocycles. The quantitative estimate of drug-likeness (QED) is 0.884. The molecule has 1 nitrogen and oxygen atoms in total. The predicted molar refractivity (Wildman–Crippen MR) is 73.7 cm³/mol. The van der Waals surface area contributed by atoms with Crippen molar-refractivity contribution in [3.8, 4) is 0 Å². The third-order valence-electron chi connectivity index (χ3n) is 2.51. The minimum Gasteiger partial charge on any atom is -0.305 e. The summed E-state index contributed by atoms with van der Waals surface area (Å²) in [6, 6.07) is 13.1. The fourth-order valence-corrected chi connectivity index (χ4v) is 2.63. The van der Waals surface area contributed by atoms with E-state index in [9.17, 15) is 0 Å². The Balaban J connectivity index is 1.95. The van der Waals surface area contributed by atoms with Crippen LogP contribution in [0.3, 0.4) is 0 Å². The normalized spacial score (nSPS) is 12.6. The molecule has 0 fully saturated rings. The molecule has 16 heavy (non-hydrogen) atoms. The van der Waals surface area contributed by atoms with Crippen LogP contribution in [-0.2, 0) is 6.54 Å². The molecule has 1 aromatic carbocycles. The molecular formula is C13H14BrNS. The van der Waals surface area contributed by atoms with Crippen LogP contribution in [0.25, 0.3) is 0 Å². The number of thiophene rings is 1. The lowest BCUT2D eigenvalue weighted by atomic mass is 10.1. The van der Waals surface area contributed by atoms with Gasteiger partial charge in [-0.3, -0.25) is 0 Å². The highest BCUT2D eigenvalue weighted by Crippen LogP contribution is 2.18. The van der Waals surface area contributed by atoms with E-state index in [1.54, 1.807) is 11.3 Å². The molecule has 1 aromatic heterocycles. The van der Waals surface area contributed by atoms with Crippen molar-refractivity contribution >= 4 is 27.3 Å². The molecule has 1 N–H and O–H groups in total. The molecule has 0 amide bonds. The molecule has 2 aromatic rings. The Labute approximate surface area is 109 Å². The van der Waals surface area contributed by atoms with Crippen molar-refractivity contribution in [3.63, 3.8) is 0 Å². The second kappa shape index (κ2) is 5.62. The van der Waals surface area contributed by atoms with E-state index >= 15 is 0 Å². The molecule has 0 spiro atoms. The van der Waals surface area contributed by atoms with Gasteiger partial charge in [0.25, 0.3) is 0 Å². The molecule has 0 unspecified atom stereocenters. The van der Waals surface area contributed by atoms with Gasteiger partial charge in [0.2, 0.25) is 0 Å². The SMILES string of the molecule is C[C@@H](NCc1cccs1)c1cccc(Br)c1. The van der Waals surface area contributed by atoms with Gasteiger partial charge in [0.05, 0.1) is 0 Å². The Morgan fingerprint density at radius 2 is 2.19 bits per heavy atom. The molecule has 0 saturated carbocycles. The van der Waals surface area contributed by atoms with Crippen LogP contribution in [0, 0.1) is 0 Å². The van der Waals surface area contributed by atoms with Gasteiger partial charge in [-0.05, 0) is 36.1 Å². The zero-order valence-corrected chi connectivity index (χ0v) is 11.5. The number of nitrogens with one attached hydrogen (secondary N) is 1. The van der Waals surface area contributed by atoms with Crippen LogP contribution in [-0.4, -0.2) is 0 Å². The monoisotopic (exact) mass is 295 g/mol. The lowest BCUT2D eigenvalue weighted by Gasteiger charge is -2.13. The summed E-state index contributed by atoms with van der Waals surface area (Å²) in [5.41, 5.74) is 1.31. The molecule has 0 aliphatic heterocycles. The number of hydrogen-bond donors (Lipinski definition) is 1. The van der Waals surface area contributed by atoms with E-state index in [1.165, 1.54) is 10.4 Å². The van der Waals surface area contributed by atoms with Gasteiger partial charge >= 0.3 is 0 Å². The summed E-state index contributed by atoms with van der Waals surface area (Å²) in [5, 5.41) is 5.63. The Hall–Kier alpha value is -0.640. The molecule has 2 rings (SSSR count).